The van der Waals surface area contributed by atoms with Crippen molar-refractivity contribution in [2.24, 2.45) is 5.73 Å². The van der Waals surface area contributed by atoms with Crippen LogP contribution in [0.2, 0.25) is 0 Å². The van der Waals surface area contributed by atoms with Crippen molar-refractivity contribution in [1.82, 2.24) is 9.88 Å². The van der Waals surface area contributed by atoms with Gasteiger partial charge in [0.15, 0.2) is 5.13 Å². The van der Waals surface area contributed by atoms with Crippen molar-refractivity contribution in [1.29, 1.82) is 0 Å². The summed E-state index contributed by atoms with van der Waals surface area (Å²) >= 11 is 3.03. The Morgan fingerprint density at radius 3 is 2.73 bits per heavy atom. The molecule has 3 N–H and O–H groups in total. The number of aryl methyl sites for hydroxylation is 1. The lowest BCUT2D eigenvalue weighted by Gasteiger charge is -2.13. The number of likely N-dealkylation sites (tertiary alicyclic amines) is 1. The minimum atomic E-state index is 0. The van der Waals surface area contributed by atoms with Crippen LogP contribution in [0.4, 0.5) is 10.8 Å². The molecule has 3 aromatic rings. The van der Waals surface area contributed by atoms with Crippen molar-refractivity contribution in [3.63, 3.8) is 0 Å². The van der Waals surface area contributed by atoms with E-state index in [1.807, 2.05) is 29.2 Å². The summed E-state index contributed by atoms with van der Waals surface area (Å²) < 4.78 is 1.04. The van der Waals surface area contributed by atoms with Crippen LogP contribution in [0.1, 0.15) is 21.7 Å². The number of anilines is 2. The number of amides is 1. The van der Waals surface area contributed by atoms with Crippen molar-refractivity contribution >= 4 is 73.7 Å². The maximum Gasteiger partial charge on any atom is 0.264 e. The van der Waals surface area contributed by atoms with E-state index in [1.165, 1.54) is 16.9 Å². The van der Waals surface area contributed by atoms with E-state index < -0.39 is 0 Å². The third-order valence-corrected chi connectivity index (χ3v) is 6.26. The van der Waals surface area contributed by atoms with E-state index in [-0.39, 0.29) is 36.8 Å². The number of benzene rings is 1. The Bertz CT molecular complexity index is 880. The summed E-state index contributed by atoms with van der Waals surface area (Å²) in [7, 11) is 0. The highest BCUT2D eigenvalue weighted by Gasteiger charge is 2.26. The summed E-state index contributed by atoms with van der Waals surface area (Å²) in [4.78, 5) is 20.6. The van der Waals surface area contributed by atoms with Crippen LogP contribution < -0.4 is 11.1 Å². The molecule has 1 aliphatic rings. The van der Waals surface area contributed by atoms with Crippen LogP contribution in [-0.4, -0.2) is 34.9 Å². The average Bonchev–Trinajstić information content (AvgIpc) is 3.23. The van der Waals surface area contributed by atoms with Gasteiger partial charge < -0.3 is 16.0 Å². The van der Waals surface area contributed by atoms with Gasteiger partial charge in [0.2, 0.25) is 0 Å². The van der Waals surface area contributed by atoms with E-state index in [2.05, 4.69) is 23.3 Å². The van der Waals surface area contributed by atoms with E-state index in [1.54, 1.807) is 11.3 Å². The number of halogens is 2. The molecule has 0 bridgehead atoms. The first-order valence-electron chi connectivity index (χ1n) is 7.88. The molecule has 1 atom stereocenters. The van der Waals surface area contributed by atoms with Crippen LogP contribution in [0.15, 0.2) is 30.3 Å². The number of thiophene rings is 1. The number of hydrogen-bond acceptors (Lipinski definition) is 6. The fraction of sp³-hybridized carbons (Fsp3) is 0.294. The number of nitrogens with one attached hydrogen (secondary N) is 1. The predicted molar refractivity (Wildman–Crippen MR) is 115 cm³/mol. The van der Waals surface area contributed by atoms with Gasteiger partial charge in [-0.25, -0.2) is 4.98 Å². The number of rotatable bonds is 3. The molecule has 0 unspecified atom stereocenters. The number of para-hydroxylation sites is 1. The maximum atomic E-state index is 12.5. The summed E-state index contributed by atoms with van der Waals surface area (Å²) in [6.07, 6.45) is 0.883. The zero-order valence-corrected chi connectivity index (χ0v) is 17.4. The number of carbonyl (C=O) groups excluding carboxylic acids is 1. The highest BCUT2D eigenvalue weighted by atomic mass is 35.5. The van der Waals surface area contributed by atoms with Gasteiger partial charge in [0.05, 0.1) is 9.58 Å². The van der Waals surface area contributed by atoms with Gasteiger partial charge in [-0.2, -0.15) is 0 Å². The molecule has 0 saturated carbocycles. The largest absolute Gasteiger partial charge is 0.336 e. The van der Waals surface area contributed by atoms with Crippen molar-refractivity contribution in [2.45, 2.75) is 19.4 Å². The summed E-state index contributed by atoms with van der Waals surface area (Å²) in [6.45, 7) is 3.47. The van der Waals surface area contributed by atoms with Gasteiger partial charge in [-0.05, 0) is 31.0 Å². The van der Waals surface area contributed by atoms with Gasteiger partial charge in [0, 0.05) is 24.8 Å². The third kappa shape index (κ3) is 4.13. The fourth-order valence-corrected chi connectivity index (χ4v) is 4.95. The van der Waals surface area contributed by atoms with E-state index >= 15 is 0 Å². The first-order valence-corrected chi connectivity index (χ1v) is 9.51. The molecule has 1 aromatic carbocycles. The lowest BCUT2D eigenvalue weighted by Crippen LogP contribution is -2.31. The quantitative estimate of drug-likeness (QED) is 0.644. The number of carbonyl (C=O) groups is 1. The molecule has 1 saturated heterocycles. The van der Waals surface area contributed by atoms with Crippen molar-refractivity contribution in [2.75, 3.05) is 18.4 Å². The average molecular weight is 431 g/mol. The van der Waals surface area contributed by atoms with Crippen LogP contribution in [0.25, 0.3) is 9.53 Å². The predicted octanol–water partition coefficient (Wildman–Crippen LogP) is 4.43. The number of nitrogens with two attached hydrogens (primary N) is 1. The van der Waals surface area contributed by atoms with Crippen LogP contribution in [0.3, 0.4) is 0 Å². The molecular weight excluding hydrogens is 411 g/mol. The van der Waals surface area contributed by atoms with Crippen molar-refractivity contribution < 1.29 is 4.79 Å². The Labute approximate surface area is 172 Å². The summed E-state index contributed by atoms with van der Waals surface area (Å²) in [6, 6.07) is 10.2. The Kier molecular flexibility index (Phi) is 6.87. The minimum Gasteiger partial charge on any atom is -0.336 e. The first kappa shape index (κ1) is 20.9. The molecular formula is C17H20Cl2N4OS2. The molecule has 0 spiro atoms. The molecule has 0 radical (unpaired) electrons. The molecule has 2 aromatic heterocycles. The molecule has 9 heteroatoms. The van der Waals surface area contributed by atoms with Crippen LogP contribution in [0.5, 0.6) is 0 Å². The Morgan fingerprint density at radius 2 is 2.08 bits per heavy atom. The second-order valence-corrected chi connectivity index (χ2v) is 8.10. The number of thiazole rings is 1. The Hall–Kier alpha value is -1.38. The molecule has 3 heterocycles. The summed E-state index contributed by atoms with van der Waals surface area (Å²) in [5.41, 5.74) is 8.13. The standard InChI is InChI=1S/C17H18N4OS2.2ClH/c1-10-4-2-3-5-12(10)19-17-20-15-13(24-17)8-14(23-15)16(22)21-7-6-11(18)9-21;;/h2-5,8,11H,6-7,9,18H2,1H3,(H,19,20);2*1H/t11-;;/m1../s1. The van der Waals surface area contributed by atoms with Crippen molar-refractivity contribution in [3.8, 4) is 0 Å². The number of fused-ring (bicyclic) bond motifs is 1. The minimum absolute atomic E-state index is 0. The van der Waals surface area contributed by atoms with Gasteiger partial charge in [-0.3, -0.25) is 4.79 Å². The van der Waals surface area contributed by atoms with E-state index in [0.29, 0.717) is 6.54 Å². The zero-order valence-electron chi connectivity index (χ0n) is 14.1. The Morgan fingerprint density at radius 1 is 1.31 bits per heavy atom. The summed E-state index contributed by atoms with van der Waals surface area (Å²) in [5, 5.41) is 4.21. The summed E-state index contributed by atoms with van der Waals surface area (Å²) in [5.74, 6) is 0.0755. The third-order valence-electron chi connectivity index (χ3n) is 4.20. The maximum absolute atomic E-state index is 12.5. The zero-order chi connectivity index (χ0) is 16.7. The second-order valence-electron chi connectivity index (χ2n) is 6.04. The van der Waals surface area contributed by atoms with Gasteiger partial charge in [0.1, 0.15) is 4.83 Å². The van der Waals surface area contributed by atoms with E-state index in [9.17, 15) is 4.79 Å². The van der Waals surface area contributed by atoms with E-state index in [0.717, 1.165) is 38.2 Å². The molecule has 140 valence electrons. The second kappa shape index (κ2) is 8.54. The van der Waals surface area contributed by atoms with Gasteiger partial charge in [0.25, 0.3) is 5.91 Å². The number of aromatic nitrogens is 1. The normalized spacial score (nSPS) is 16.2. The monoisotopic (exact) mass is 430 g/mol. The topological polar surface area (TPSA) is 71.2 Å². The molecule has 1 aliphatic heterocycles. The van der Waals surface area contributed by atoms with Gasteiger partial charge in [-0.15, -0.1) is 36.2 Å². The molecule has 1 amide bonds. The highest BCUT2D eigenvalue weighted by molar-refractivity contribution is 7.29. The van der Waals surface area contributed by atoms with Gasteiger partial charge >= 0.3 is 0 Å². The molecule has 0 aliphatic carbocycles. The van der Waals surface area contributed by atoms with Crippen molar-refractivity contribution in [3.05, 3.63) is 40.8 Å². The van der Waals surface area contributed by atoms with Crippen LogP contribution in [-0.2, 0) is 0 Å². The smallest absolute Gasteiger partial charge is 0.264 e. The fourth-order valence-electron chi connectivity index (χ4n) is 2.85. The lowest BCUT2D eigenvalue weighted by molar-refractivity contribution is 0.0795. The molecule has 26 heavy (non-hydrogen) atoms. The molecule has 1 fully saturated rings. The first-order chi connectivity index (χ1) is 11.6. The SMILES string of the molecule is Cc1ccccc1Nc1nc2sc(C(=O)N3CC[C@@H](N)C3)cc2s1.Cl.Cl. The van der Waals surface area contributed by atoms with E-state index in [4.69, 9.17) is 5.73 Å². The lowest BCUT2D eigenvalue weighted by atomic mass is 10.2. The Balaban J connectivity index is 0.00000121. The number of hydrogen-bond donors (Lipinski definition) is 2. The van der Waals surface area contributed by atoms with Crippen LogP contribution in [0, 0.1) is 6.92 Å². The number of nitrogens with zero attached hydrogens (tertiary/aromatic N) is 2. The van der Waals surface area contributed by atoms with Crippen LogP contribution >= 0.6 is 47.5 Å². The van der Waals surface area contributed by atoms with Gasteiger partial charge in [-0.1, -0.05) is 29.5 Å². The molecule has 4 rings (SSSR count). The molecule has 5 nitrogen and oxygen atoms in total. The highest BCUT2D eigenvalue weighted by Crippen LogP contribution is 2.35.